The van der Waals surface area contributed by atoms with E-state index < -0.39 is 20.9 Å². The number of rotatable bonds is 4. The Labute approximate surface area is 181 Å². The van der Waals surface area contributed by atoms with Crippen LogP contribution in [-0.2, 0) is 19.6 Å². The average Bonchev–Trinajstić information content (AvgIpc) is 2.87. The first-order valence-corrected chi connectivity index (χ1v) is 11.6. The molecule has 8 heteroatoms. The van der Waals surface area contributed by atoms with Gasteiger partial charge in [0.1, 0.15) is 0 Å². The number of amides is 2. The molecule has 1 heterocycles. The lowest BCUT2D eigenvalue weighted by Gasteiger charge is -2.47. The number of sulfonamides is 1. The number of piperidine rings is 1. The van der Waals surface area contributed by atoms with Gasteiger partial charge in [-0.1, -0.05) is 38.4 Å². The number of nitrogens with one attached hydrogen (secondary N) is 1. The lowest BCUT2D eigenvalue weighted by Crippen LogP contribution is -2.59. The lowest BCUT2D eigenvalue weighted by atomic mass is 9.62. The fourth-order valence-corrected chi connectivity index (χ4v) is 5.81. The summed E-state index contributed by atoms with van der Waals surface area (Å²) >= 11 is 5.85. The normalized spacial score (nSPS) is 25.5. The van der Waals surface area contributed by atoms with Gasteiger partial charge in [0.25, 0.3) is 10.0 Å². The first kappa shape index (κ1) is 20.9. The molecule has 2 aromatic rings. The van der Waals surface area contributed by atoms with E-state index in [1.165, 1.54) is 23.1 Å². The van der Waals surface area contributed by atoms with Gasteiger partial charge in [-0.25, -0.2) is 13.3 Å². The minimum Gasteiger partial charge on any atom is -0.280 e. The molecule has 0 aromatic heterocycles. The van der Waals surface area contributed by atoms with Crippen molar-refractivity contribution in [2.45, 2.75) is 38.5 Å². The molecule has 30 heavy (non-hydrogen) atoms. The zero-order chi connectivity index (χ0) is 21.9. The summed E-state index contributed by atoms with van der Waals surface area (Å²) in [6.07, 6.45) is 1.29. The number of fused-ring (bicyclic) bond motifs is 2. The van der Waals surface area contributed by atoms with Gasteiger partial charge in [0.05, 0.1) is 16.0 Å². The second-order valence-corrected chi connectivity index (χ2v) is 10.9. The van der Waals surface area contributed by atoms with E-state index >= 15 is 0 Å². The van der Waals surface area contributed by atoms with Crippen molar-refractivity contribution < 1.29 is 18.0 Å². The van der Waals surface area contributed by atoms with E-state index in [0.29, 0.717) is 23.6 Å². The summed E-state index contributed by atoms with van der Waals surface area (Å²) in [6.45, 7) is 5.83. The van der Waals surface area contributed by atoms with Gasteiger partial charge in [-0.2, -0.15) is 0 Å². The van der Waals surface area contributed by atoms with E-state index in [0.717, 1.165) is 0 Å². The Balaban J connectivity index is 1.69. The highest BCUT2D eigenvalue weighted by Crippen LogP contribution is 2.60. The van der Waals surface area contributed by atoms with E-state index in [4.69, 9.17) is 11.6 Å². The third-order valence-electron chi connectivity index (χ3n) is 6.90. The van der Waals surface area contributed by atoms with Crippen molar-refractivity contribution >= 4 is 44.8 Å². The molecule has 1 saturated heterocycles. The molecule has 0 spiro atoms. The second-order valence-electron chi connectivity index (χ2n) is 8.73. The van der Waals surface area contributed by atoms with E-state index in [2.05, 4.69) is 4.72 Å². The Kier molecular flexibility index (Phi) is 4.74. The van der Waals surface area contributed by atoms with Crippen LogP contribution in [0.4, 0.5) is 11.4 Å². The number of hydrogen-bond acceptors (Lipinski definition) is 4. The predicted molar refractivity (Wildman–Crippen MR) is 116 cm³/mol. The summed E-state index contributed by atoms with van der Waals surface area (Å²) in [6, 6.07) is 12.2. The van der Waals surface area contributed by atoms with Crippen LogP contribution in [0.5, 0.6) is 0 Å². The number of carbonyl (C=O) groups is 2. The van der Waals surface area contributed by atoms with Gasteiger partial charge in [-0.05, 0) is 60.7 Å². The summed E-state index contributed by atoms with van der Waals surface area (Å²) in [7, 11) is -3.91. The number of imide groups is 1. The van der Waals surface area contributed by atoms with Crippen LogP contribution in [0.15, 0.2) is 53.4 Å². The van der Waals surface area contributed by atoms with E-state index in [1.807, 2.05) is 20.8 Å². The Morgan fingerprint density at radius 3 is 2.40 bits per heavy atom. The number of hydrogen-bond donors (Lipinski definition) is 1. The average molecular weight is 447 g/mol. The molecular weight excluding hydrogens is 424 g/mol. The van der Waals surface area contributed by atoms with Crippen LogP contribution in [0, 0.1) is 16.7 Å². The Bertz CT molecular complexity index is 1140. The Hall–Kier alpha value is -2.38. The van der Waals surface area contributed by atoms with E-state index in [1.54, 1.807) is 30.3 Å². The van der Waals surface area contributed by atoms with Crippen molar-refractivity contribution in [3.63, 3.8) is 0 Å². The minimum absolute atomic E-state index is 0.0297. The Morgan fingerprint density at radius 1 is 1.07 bits per heavy atom. The highest BCUT2D eigenvalue weighted by atomic mass is 35.5. The van der Waals surface area contributed by atoms with Crippen molar-refractivity contribution in [3.8, 4) is 0 Å². The molecule has 1 aliphatic carbocycles. The topological polar surface area (TPSA) is 83.6 Å². The molecule has 0 radical (unpaired) electrons. The molecule has 2 bridgehead atoms. The summed E-state index contributed by atoms with van der Waals surface area (Å²) in [4.78, 5) is 27.6. The zero-order valence-corrected chi connectivity index (χ0v) is 18.5. The van der Waals surface area contributed by atoms with Crippen LogP contribution in [0.2, 0.25) is 5.02 Å². The van der Waals surface area contributed by atoms with Crippen LogP contribution in [0.3, 0.4) is 0 Å². The number of halogens is 1. The van der Waals surface area contributed by atoms with Gasteiger partial charge in [0.2, 0.25) is 11.8 Å². The van der Waals surface area contributed by atoms with Crippen LogP contribution in [0.1, 0.15) is 33.6 Å². The zero-order valence-electron chi connectivity index (χ0n) is 17.0. The van der Waals surface area contributed by atoms with Crippen molar-refractivity contribution in [2.24, 2.45) is 16.7 Å². The number of nitrogens with zero attached hydrogens (tertiary/aromatic N) is 1. The van der Waals surface area contributed by atoms with Crippen molar-refractivity contribution in [3.05, 3.63) is 53.6 Å². The van der Waals surface area contributed by atoms with Crippen LogP contribution in [0.25, 0.3) is 0 Å². The molecule has 4 rings (SSSR count). The maximum atomic E-state index is 13.3. The molecular formula is C22H23ClN2O4S. The minimum atomic E-state index is -3.91. The summed E-state index contributed by atoms with van der Waals surface area (Å²) in [5.74, 6) is -0.806. The molecule has 0 unspecified atom stereocenters. The van der Waals surface area contributed by atoms with Gasteiger partial charge in [-0.3, -0.25) is 14.3 Å². The van der Waals surface area contributed by atoms with Gasteiger partial charge in [0, 0.05) is 16.6 Å². The predicted octanol–water partition coefficient (Wildman–Crippen LogP) is 4.46. The molecule has 2 aromatic carbocycles. The van der Waals surface area contributed by atoms with Crippen molar-refractivity contribution in [2.75, 3.05) is 9.62 Å². The van der Waals surface area contributed by atoms with Gasteiger partial charge in [0.15, 0.2) is 0 Å². The second kappa shape index (κ2) is 6.82. The molecule has 2 aliphatic rings. The first-order valence-electron chi connectivity index (χ1n) is 9.74. The SMILES string of the molecule is CC1(C)[C@H]2CC[C@]1(C)C(=O)N(c1cccc(S(=O)(=O)Nc3ccc(Cl)cc3)c1)C2=O. The fourth-order valence-electron chi connectivity index (χ4n) is 4.58. The lowest BCUT2D eigenvalue weighted by molar-refractivity contribution is -0.146. The van der Waals surface area contributed by atoms with Crippen LogP contribution < -0.4 is 9.62 Å². The summed E-state index contributed by atoms with van der Waals surface area (Å²) < 4.78 is 28.2. The Morgan fingerprint density at radius 2 is 1.73 bits per heavy atom. The van der Waals surface area contributed by atoms with E-state index in [9.17, 15) is 18.0 Å². The molecule has 1 N–H and O–H groups in total. The van der Waals surface area contributed by atoms with Crippen molar-refractivity contribution in [1.29, 1.82) is 0 Å². The molecule has 6 nitrogen and oxygen atoms in total. The van der Waals surface area contributed by atoms with Gasteiger partial charge < -0.3 is 0 Å². The standard InChI is InChI=1S/C22H23ClN2O4S/c1-21(2)18-11-12-22(21,3)20(27)25(19(18)26)16-5-4-6-17(13-16)30(28,29)24-15-9-7-14(23)8-10-15/h4-10,13,18,24H,11-12H2,1-3H3/t18-,22+/m0/s1. The third-order valence-corrected chi connectivity index (χ3v) is 8.53. The number of benzene rings is 2. The third kappa shape index (κ3) is 3.03. The number of carbonyl (C=O) groups excluding carboxylic acids is 2. The number of anilines is 2. The quantitative estimate of drug-likeness (QED) is 0.703. The molecule has 158 valence electrons. The fraction of sp³-hybridized carbons (Fsp3) is 0.364. The van der Waals surface area contributed by atoms with Crippen LogP contribution >= 0.6 is 11.6 Å². The largest absolute Gasteiger partial charge is 0.280 e. The smallest absolute Gasteiger partial charge is 0.261 e. The van der Waals surface area contributed by atoms with E-state index in [-0.39, 0.29) is 28.3 Å². The molecule has 2 fully saturated rings. The summed E-state index contributed by atoms with van der Waals surface area (Å²) in [5, 5.41) is 0.494. The molecule has 2 amide bonds. The monoisotopic (exact) mass is 446 g/mol. The molecule has 1 saturated carbocycles. The maximum absolute atomic E-state index is 13.3. The maximum Gasteiger partial charge on any atom is 0.261 e. The van der Waals surface area contributed by atoms with Gasteiger partial charge >= 0.3 is 0 Å². The van der Waals surface area contributed by atoms with Crippen LogP contribution in [-0.4, -0.2) is 20.2 Å². The highest BCUT2D eigenvalue weighted by Gasteiger charge is 2.64. The van der Waals surface area contributed by atoms with Crippen molar-refractivity contribution in [1.82, 2.24) is 0 Å². The molecule has 2 atom stereocenters. The molecule has 1 aliphatic heterocycles. The highest BCUT2D eigenvalue weighted by molar-refractivity contribution is 7.92. The van der Waals surface area contributed by atoms with Gasteiger partial charge in [-0.15, -0.1) is 0 Å². The first-order chi connectivity index (χ1) is 14.0. The summed E-state index contributed by atoms with van der Waals surface area (Å²) in [5.41, 5.74) is -0.459.